The quantitative estimate of drug-likeness (QED) is 0.764. The summed E-state index contributed by atoms with van der Waals surface area (Å²) in [6.45, 7) is 2.23. The Labute approximate surface area is 150 Å². The number of carbonyl (C=O) groups is 1. The first kappa shape index (κ1) is 16.3. The van der Waals surface area contributed by atoms with Crippen LogP contribution in [-0.2, 0) is 11.8 Å². The molecule has 1 fully saturated rings. The van der Waals surface area contributed by atoms with Crippen LogP contribution in [0.25, 0.3) is 11.0 Å². The predicted molar refractivity (Wildman–Crippen MR) is 95.3 cm³/mol. The zero-order chi connectivity index (χ0) is 18.3. The van der Waals surface area contributed by atoms with Crippen molar-refractivity contribution in [2.75, 3.05) is 11.4 Å². The van der Waals surface area contributed by atoms with E-state index in [9.17, 15) is 9.90 Å². The van der Waals surface area contributed by atoms with Gasteiger partial charge in [-0.1, -0.05) is 18.2 Å². The Morgan fingerprint density at radius 2 is 2.04 bits per heavy atom. The van der Waals surface area contributed by atoms with Crippen LogP contribution < -0.4 is 9.64 Å². The van der Waals surface area contributed by atoms with Crippen LogP contribution in [0.5, 0.6) is 5.75 Å². The van der Waals surface area contributed by atoms with Crippen molar-refractivity contribution >= 4 is 22.8 Å². The smallest absolute Gasteiger partial charge is 0.326 e. The highest BCUT2D eigenvalue weighted by molar-refractivity contribution is 5.90. The van der Waals surface area contributed by atoms with E-state index in [-0.39, 0.29) is 6.10 Å². The number of hydrogen-bond donors (Lipinski definition) is 1. The summed E-state index contributed by atoms with van der Waals surface area (Å²) in [5.74, 6) is 1.01. The average molecular weight is 353 g/mol. The van der Waals surface area contributed by atoms with E-state index in [2.05, 4.69) is 15.1 Å². The number of para-hydroxylation sites is 1. The highest BCUT2D eigenvalue weighted by atomic mass is 16.5. The van der Waals surface area contributed by atoms with Gasteiger partial charge in [0.15, 0.2) is 5.65 Å². The summed E-state index contributed by atoms with van der Waals surface area (Å²) in [6, 6.07) is 8.73. The van der Waals surface area contributed by atoms with Crippen molar-refractivity contribution in [1.82, 2.24) is 19.7 Å². The first-order valence-corrected chi connectivity index (χ1v) is 8.40. The van der Waals surface area contributed by atoms with Gasteiger partial charge in [-0.3, -0.25) is 4.68 Å². The van der Waals surface area contributed by atoms with Gasteiger partial charge in [-0.05, 0) is 19.1 Å². The molecular formula is C18H19N5O3. The maximum absolute atomic E-state index is 11.8. The SMILES string of the molecule is Cc1nc(N2C[C@@H](Oc3ccccc3)C[C@H]2C(=O)O)c2cnn(C)c2n1. The standard InChI is InChI=1S/C18H19N5O3/c1-11-20-16-14(9-19-22(16)2)17(21-11)23-10-13(8-15(23)18(24)25)26-12-6-4-3-5-7-12/h3-7,9,13,15H,8,10H2,1-2H3,(H,24,25)/t13-,15-/m0/s1. The lowest BCUT2D eigenvalue weighted by molar-refractivity contribution is -0.138. The van der Waals surface area contributed by atoms with E-state index in [1.165, 1.54) is 0 Å². The molecule has 2 aromatic heterocycles. The zero-order valence-electron chi connectivity index (χ0n) is 14.5. The van der Waals surface area contributed by atoms with E-state index in [1.807, 2.05) is 30.3 Å². The second-order valence-electron chi connectivity index (χ2n) is 6.39. The van der Waals surface area contributed by atoms with Gasteiger partial charge in [-0.25, -0.2) is 14.8 Å². The molecule has 3 aromatic rings. The second-order valence-corrected chi connectivity index (χ2v) is 6.39. The fraction of sp³-hybridized carbons (Fsp3) is 0.333. The molecule has 26 heavy (non-hydrogen) atoms. The van der Waals surface area contributed by atoms with Crippen LogP contribution in [0.15, 0.2) is 36.5 Å². The number of fused-ring (bicyclic) bond motifs is 1. The van der Waals surface area contributed by atoms with Crippen LogP contribution in [0, 0.1) is 6.92 Å². The van der Waals surface area contributed by atoms with E-state index in [0.717, 1.165) is 11.1 Å². The minimum Gasteiger partial charge on any atom is -0.488 e. The van der Waals surface area contributed by atoms with E-state index in [1.54, 1.807) is 29.7 Å². The number of aromatic nitrogens is 4. The molecule has 2 atom stereocenters. The number of carboxylic acids is 1. The molecule has 0 bridgehead atoms. The third-order valence-corrected chi connectivity index (χ3v) is 4.55. The molecule has 0 radical (unpaired) electrons. The number of benzene rings is 1. The molecule has 8 nitrogen and oxygen atoms in total. The number of hydrogen-bond acceptors (Lipinski definition) is 6. The summed E-state index contributed by atoms with van der Waals surface area (Å²) >= 11 is 0. The van der Waals surface area contributed by atoms with Gasteiger partial charge < -0.3 is 14.7 Å². The van der Waals surface area contributed by atoms with Crippen LogP contribution in [0.2, 0.25) is 0 Å². The Hall–Kier alpha value is -3.16. The fourth-order valence-electron chi connectivity index (χ4n) is 3.37. The molecule has 0 aliphatic carbocycles. The number of aliphatic carboxylic acids is 1. The fourth-order valence-corrected chi connectivity index (χ4v) is 3.37. The number of anilines is 1. The van der Waals surface area contributed by atoms with Crippen LogP contribution in [-0.4, -0.2) is 49.5 Å². The Morgan fingerprint density at radius 3 is 2.77 bits per heavy atom. The molecule has 0 unspecified atom stereocenters. The minimum absolute atomic E-state index is 0.236. The second kappa shape index (κ2) is 6.29. The highest BCUT2D eigenvalue weighted by Crippen LogP contribution is 2.31. The first-order chi connectivity index (χ1) is 12.5. The van der Waals surface area contributed by atoms with Crippen molar-refractivity contribution in [2.45, 2.75) is 25.5 Å². The largest absolute Gasteiger partial charge is 0.488 e. The molecule has 1 N–H and O–H groups in total. The molecule has 8 heteroatoms. The third kappa shape index (κ3) is 2.83. The van der Waals surface area contributed by atoms with Crippen LogP contribution in [0.1, 0.15) is 12.2 Å². The summed E-state index contributed by atoms with van der Waals surface area (Å²) < 4.78 is 7.65. The van der Waals surface area contributed by atoms with Gasteiger partial charge in [-0.15, -0.1) is 0 Å². The lowest BCUT2D eigenvalue weighted by Crippen LogP contribution is -2.37. The minimum atomic E-state index is -0.891. The molecule has 1 saturated heterocycles. The lowest BCUT2D eigenvalue weighted by Gasteiger charge is -2.23. The predicted octanol–water partition coefficient (Wildman–Crippen LogP) is 1.78. The third-order valence-electron chi connectivity index (χ3n) is 4.55. The maximum Gasteiger partial charge on any atom is 0.326 e. The number of ether oxygens (including phenoxy) is 1. The highest BCUT2D eigenvalue weighted by Gasteiger charge is 2.40. The van der Waals surface area contributed by atoms with Crippen LogP contribution >= 0.6 is 0 Å². The van der Waals surface area contributed by atoms with Gasteiger partial charge in [0.1, 0.15) is 29.5 Å². The molecule has 0 amide bonds. The average Bonchev–Trinajstić information content (AvgIpc) is 3.20. The van der Waals surface area contributed by atoms with Crippen LogP contribution in [0.3, 0.4) is 0 Å². The molecule has 0 saturated carbocycles. The van der Waals surface area contributed by atoms with Crippen molar-refractivity contribution in [3.63, 3.8) is 0 Å². The van der Waals surface area contributed by atoms with Crippen molar-refractivity contribution < 1.29 is 14.6 Å². The van der Waals surface area contributed by atoms with Crippen molar-refractivity contribution in [3.8, 4) is 5.75 Å². The Kier molecular flexibility index (Phi) is 3.95. The molecule has 0 spiro atoms. The summed E-state index contributed by atoms with van der Waals surface area (Å²) in [6.07, 6.45) is 1.82. The van der Waals surface area contributed by atoms with Crippen molar-refractivity contribution in [3.05, 3.63) is 42.4 Å². The van der Waals surface area contributed by atoms with Crippen molar-refractivity contribution in [2.24, 2.45) is 7.05 Å². The van der Waals surface area contributed by atoms with Gasteiger partial charge in [0.2, 0.25) is 0 Å². The lowest BCUT2D eigenvalue weighted by atomic mass is 10.2. The molecule has 134 valence electrons. The monoisotopic (exact) mass is 353 g/mol. The van der Waals surface area contributed by atoms with Gasteiger partial charge >= 0.3 is 5.97 Å². The van der Waals surface area contributed by atoms with Gasteiger partial charge in [0.05, 0.1) is 18.1 Å². The number of rotatable bonds is 4. The summed E-state index contributed by atoms with van der Waals surface area (Å²) in [5, 5.41) is 14.7. The molecule has 1 aliphatic rings. The topological polar surface area (TPSA) is 93.4 Å². The summed E-state index contributed by atoms with van der Waals surface area (Å²) in [7, 11) is 1.80. The normalized spacial score (nSPS) is 19.8. The summed E-state index contributed by atoms with van der Waals surface area (Å²) in [5.41, 5.74) is 0.684. The number of carboxylic acid groups (broad SMARTS) is 1. The maximum atomic E-state index is 11.8. The number of nitrogens with zero attached hydrogens (tertiary/aromatic N) is 5. The van der Waals surface area contributed by atoms with E-state index in [0.29, 0.717) is 30.3 Å². The zero-order valence-corrected chi connectivity index (χ0v) is 14.5. The Morgan fingerprint density at radius 1 is 1.27 bits per heavy atom. The molecule has 1 aromatic carbocycles. The Balaban J connectivity index is 1.69. The van der Waals surface area contributed by atoms with Gasteiger partial charge in [0.25, 0.3) is 0 Å². The van der Waals surface area contributed by atoms with Crippen molar-refractivity contribution in [1.29, 1.82) is 0 Å². The number of aryl methyl sites for hydroxylation is 2. The van der Waals surface area contributed by atoms with E-state index >= 15 is 0 Å². The van der Waals surface area contributed by atoms with E-state index in [4.69, 9.17) is 4.74 Å². The molecule has 1 aliphatic heterocycles. The van der Waals surface area contributed by atoms with Crippen LogP contribution in [0.4, 0.5) is 5.82 Å². The molecule has 4 rings (SSSR count). The first-order valence-electron chi connectivity index (χ1n) is 8.40. The van der Waals surface area contributed by atoms with E-state index < -0.39 is 12.0 Å². The summed E-state index contributed by atoms with van der Waals surface area (Å²) in [4.78, 5) is 22.6. The molecule has 3 heterocycles. The Bertz CT molecular complexity index is 956. The van der Waals surface area contributed by atoms with Gasteiger partial charge in [-0.2, -0.15) is 5.10 Å². The van der Waals surface area contributed by atoms with Gasteiger partial charge in [0, 0.05) is 13.5 Å². The molecular weight excluding hydrogens is 334 g/mol.